The van der Waals surface area contributed by atoms with Gasteiger partial charge in [-0.15, -0.1) is 0 Å². The number of hydrogen-bond acceptors (Lipinski definition) is 6. The summed E-state index contributed by atoms with van der Waals surface area (Å²) in [4.78, 5) is 19.8. The quantitative estimate of drug-likeness (QED) is 0.181. The van der Waals surface area contributed by atoms with Crippen molar-refractivity contribution in [2.75, 3.05) is 0 Å². The summed E-state index contributed by atoms with van der Waals surface area (Å²) >= 11 is 0. The predicted molar refractivity (Wildman–Crippen MR) is 220 cm³/mol. The minimum Gasteiger partial charge on any atom is -0.456 e. The lowest BCUT2D eigenvalue weighted by molar-refractivity contribution is 0.668. The molecule has 256 valence electrons. The van der Waals surface area contributed by atoms with Gasteiger partial charge in [0.2, 0.25) is 0 Å². The molecule has 0 aliphatic rings. The Morgan fingerprint density at radius 2 is 1.15 bits per heavy atom. The summed E-state index contributed by atoms with van der Waals surface area (Å²) in [6.07, 6.45) is 3.58. The minimum atomic E-state index is 0.520. The second-order valence-corrected chi connectivity index (χ2v) is 13.9. The smallest absolute Gasteiger partial charge is 0.167 e. The highest BCUT2D eigenvalue weighted by atomic mass is 16.3. The molecule has 0 radical (unpaired) electrons. The number of pyridine rings is 1. The van der Waals surface area contributed by atoms with E-state index < -0.39 is 0 Å². The van der Waals surface area contributed by atoms with Gasteiger partial charge in [0.05, 0.1) is 16.6 Å². The Morgan fingerprint density at radius 1 is 0.436 bits per heavy atom. The number of rotatable bonds is 4. The molecule has 5 aromatic heterocycles. The highest BCUT2D eigenvalue weighted by Crippen LogP contribution is 2.39. The fourth-order valence-corrected chi connectivity index (χ4v) is 8.22. The van der Waals surface area contributed by atoms with Gasteiger partial charge in [0.25, 0.3) is 0 Å². The van der Waals surface area contributed by atoms with Crippen LogP contribution in [0.2, 0.25) is 0 Å². The van der Waals surface area contributed by atoms with Gasteiger partial charge < -0.3 is 13.4 Å². The third kappa shape index (κ3) is 4.50. The molecule has 0 saturated heterocycles. The van der Waals surface area contributed by atoms with Crippen molar-refractivity contribution in [2.45, 2.75) is 0 Å². The van der Waals surface area contributed by atoms with Crippen LogP contribution in [-0.2, 0) is 0 Å². The van der Waals surface area contributed by atoms with Gasteiger partial charge in [-0.05, 0) is 53.9 Å². The molecule has 0 amide bonds. The average Bonchev–Trinajstić information content (AvgIpc) is 3.93. The van der Waals surface area contributed by atoms with Crippen LogP contribution in [0.4, 0.5) is 0 Å². The molecular weight excluding hydrogens is 679 g/mol. The van der Waals surface area contributed by atoms with Gasteiger partial charge in [0, 0.05) is 66.9 Å². The van der Waals surface area contributed by atoms with E-state index in [2.05, 4.69) is 113 Å². The van der Waals surface area contributed by atoms with Crippen LogP contribution >= 0.6 is 0 Å². The molecule has 0 unspecified atom stereocenters. The first kappa shape index (κ1) is 29.9. The van der Waals surface area contributed by atoms with Gasteiger partial charge in [0.1, 0.15) is 22.3 Å². The molecule has 7 aromatic carbocycles. The molecule has 0 aliphatic heterocycles. The predicted octanol–water partition coefficient (Wildman–Crippen LogP) is 12.3. The lowest BCUT2D eigenvalue weighted by atomic mass is 10.1. The van der Waals surface area contributed by atoms with Crippen LogP contribution in [0.5, 0.6) is 0 Å². The van der Waals surface area contributed by atoms with E-state index in [4.69, 9.17) is 23.8 Å². The monoisotopic (exact) mass is 705 g/mol. The third-order valence-electron chi connectivity index (χ3n) is 10.7. The average molecular weight is 706 g/mol. The molecular formula is C48H27N5O2. The molecule has 12 rings (SSSR count). The second-order valence-electron chi connectivity index (χ2n) is 13.9. The van der Waals surface area contributed by atoms with E-state index in [1.165, 1.54) is 27.1 Å². The normalized spacial score (nSPS) is 12.0. The van der Waals surface area contributed by atoms with E-state index in [1.807, 2.05) is 54.7 Å². The molecule has 7 nitrogen and oxygen atoms in total. The molecule has 12 aromatic rings. The first-order valence-corrected chi connectivity index (χ1v) is 18.2. The van der Waals surface area contributed by atoms with Crippen LogP contribution in [0.25, 0.3) is 116 Å². The zero-order valence-corrected chi connectivity index (χ0v) is 29.1. The molecule has 5 heterocycles. The standard InChI is InChI=1S/C48H27N5O2/c1-2-12-32-28(9-1)19-22-36-33-13-3-5-17-40(33)53(44(32)36)31-11-7-10-29(25-31)46-50-47(30-20-21-35-39-27-49-24-23-42(39)54-43(35)26-30)52-48(51-46)38-16-8-15-37-34-14-4-6-18-41(34)55-45(37)38/h1-27H. The number of nitrogens with zero attached hydrogens (tertiary/aromatic N) is 5. The van der Waals surface area contributed by atoms with E-state index in [0.717, 1.165) is 71.8 Å². The largest absolute Gasteiger partial charge is 0.456 e. The Hall–Kier alpha value is -7.64. The number of aromatic nitrogens is 5. The van der Waals surface area contributed by atoms with Crippen LogP contribution < -0.4 is 0 Å². The molecule has 0 bridgehead atoms. The van der Waals surface area contributed by atoms with Gasteiger partial charge in [-0.2, -0.15) is 0 Å². The molecule has 0 spiro atoms. The maximum Gasteiger partial charge on any atom is 0.167 e. The summed E-state index contributed by atoms with van der Waals surface area (Å²) in [7, 11) is 0. The Bertz CT molecular complexity index is 3520. The van der Waals surface area contributed by atoms with Crippen LogP contribution in [0.15, 0.2) is 173 Å². The van der Waals surface area contributed by atoms with Gasteiger partial charge in [-0.1, -0.05) is 103 Å². The summed E-state index contributed by atoms with van der Waals surface area (Å²) in [5.41, 5.74) is 8.85. The third-order valence-corrected chi connectivity index (χ3v) is 10.7. The second kappa shape index (κ2) is 11.4. The van der Waals surface area contributed by atoms with Crippen molar-refractivity contribution in [3.05, 3.63) is 164 Å². The summed E-state index contributed by atoms with van der Waals surface area (Å²) in [5, 5.41) is 8.81. The van der Waals surface area contributed by atoms with E-state index in [9.17, 15) is 0 Å². The highest BCUT2D eigenvalue weighted by molar-refractivity contribution is 6.18. The summed E-state index contributed by atoms with van der Waals surface area (Å²) in [5.74, 6) is 1.60. The first-order chi connectivity index (χ1) is 27.2. The Balaban J connectivity index is 1.10. The number of para-hydroxylation sites is 3. The fourth-order valence-electron chi connectivity index (χ4n) is 8.22. The minimum absolute atomic E-state index is 0.520. The van der Waals surface area contributed by atoms with Crippen LogP contribution in [0.1, 0.15) is 0 Å². The van der Waals surface area contributed by atoms with Crippen molar-refractivity contribution in [2.24, 2.45) is 0 Å². The van der Waals surface area contributed by atoms with Crippen molar-refractivity contribution >= 4 is 76.5 Å². The van der Waals surface area contributed by atoms with E-state index in [1.54, 1.807) is 6.20 Å². The Morgan fingerprint density at radius 3 is 2.07 bits per heavy atom. The van der Waals surface area contributed by atoms with Gasteiger partial charge >= 0.3 is 0 Å². The van der Waals surface area contributed by atoms with Crippen LogP contribution in [-0.4, -0.2) is 24.5 Å². The maximum atomic E-state index is 6.48. The van der Waals surface area contributed by atoms with Gasteiger partial charge in [-0.25, -0.2) is 15.0 Å². The highest BCUT2D eigenvalue weighted by Gasteiger charge is 2.20. The lowest BCUT2D eigenvalue weighted by Crippen LogP contribution is -2.01. The molecule has 0 atom stereocenters. The summed E-state index contributed by atoms with van der Waals surface area (Å²) in [6, 6.07) is 52.3. The fraction of sp³-hybridized carbons (Fsp3) is 0. The first-order valence-electron chi connectivity index (χ1n) is 18.2. The number of benzene rings is 7. The van der Waals surface area contributed by atoms with Crippen molar-refractivity contribution in [1.29, 1.82) is 0 Å². The topological polar surface area (TPSA) is 82.8 Å². The zero-order valence-electron chi connectivity index (χ0n) is 29.1. The molecule has 7 heteroatoms. The van der Waals surface area contributed by atoms with E-state index >= 15 is 0 Å². The summed E-state index contributed by atoms with van der Waals surface area (Å²) in [6.45, 7) is 0. The molecule has 0 fully saturated rings. The van der Waals surface area contributed by atoms with Crippen molar-refractivity contribution in [3.8, 4) is 39.9 Å². The Labute approximate surface area is 312 Å². The van der Waals surface area contributed by atoms with Crippen LogP contribution in [0.3, 0.4) is 0 Å². The summed E-state index contributed by atoms with van der Waals surface area (Å²) < 4.78 is 15.1. The van der Waals surface area contributed by atoms with Crippen molar-refractivity contribution in [1.82, 2.24) is 24.5 Å². The lowest BCUT2D eigenvalue weighted by Gasteiger charge is -2.12. The van der Waals surface area contributed by atoms with Gasteiger partial charge in [0.15, 0.2) is 17.5 Å². The molecule has 55 heavy (non-hydrogen) atoms. The van der Waals surface area contributed by atoms with Crippen molar-refractivity contribution < 1.29 is 8.83 Å². The van der Waals surface area contributed by atoms with Crippen molar-refractivity contribution in [3.63, 3.8) is 0 Å². The zero-order chi connectivity index (χ0) is 36.0. The van der Waals surface area contributed by atoms with E-state index in [-0.39, 0.29) is 0 Å². The maximum absolute atomic E-state index is 6.48. The van der Waals surface area contributed by atoms with E-state index in [0.29, 0.717) is 17.5 Å². The number of furan rings is 2. The molecule has 0 N–H and O–H groups in total. The SMILES string of the molecule is c1cc(-c2nc(-c3ccc4c(c3)oc3ccncc34)nc(-c3cccc4c3oc3ccccc34)n2)cc(-n2c3ccccc3c3ccc4ccccc4c32)c1. The number of hydrogen-bond donors (Lipinski definition) is 0. The number of fused-ring (bicyclic) bond motifs is 11. The Kier molecular flexibility index (Phi) is 6.21. The molecule has 0 aliphatic carbocycles. The van der Waals surface area contributed by atoms with Crippen LogP contribution in [0, 0.1) is 0 Å². The molecule has 0 saturated carbocycles. The van der Waals surface area contributed by atoms with Gasteiger partial charge in [-0.3, -0.25) is 4.98 Å².